The van der Waals surface area contributed by atoms with Crippen molar-refractivity contribution in [1.82, 2.24) is 0 Å². The maximum Gasteiger partial charge on any atom is 0.404 e. The molecule has 1 unspecified atom stereocenters. The Morgan fingerprint density at radius 2 is 1.91 bits per heavy atom. The first kappa shape index (κ1) is 31.1. The van der Waals surface area contributed by atoms with Crippen LogP contribution in [0, 0.1) is 12.8 Å². The van der Waals surface area contributed by atoms with Crippen molar-refractivity contribution in [2.75, 3.05) is 12.4 Å². The normalized spacial score (nSPS) is 24.0. The van der Waals surface area contributed by atoms with Crippen LogP contribution in [0.5, 0.6) is 17.2 Å². The summed E-state index contributed by atoms with van der Waals surface area (Å²) < 4.78 is 33.9. The Labute approximate surface area is 252 Å². The Morgan fingerprint density at radius 1 is 1.18 bits per heavy atom. The highest BCUT2D eigenvalue weighted by Gasteiger charge is 2.53. The van der Waals surface area contributed by atoms with Crippen LogP contribution in [0.2, 0.25) is 0 Å². The van der Waals surface area contributed by atoms with E-state index in [1.807, 2.05) is 0 Å². The summed E-state index contributed by atoms with van der Waals surface area (Å²) in [6.45, 7) is 9.03. The van der Waals surface area contributed by atoms with E-state index in [0.717, 1.165) is 5.56 Å². The molecular formula is C31H36N2O11. The monoisotopic (exact) mass is 612 g/mol. The van der Waals surface area contributed by atoms with Gasteiger partial charge in [0.05, 0.1) is 11.0 Å². The molecule has 5 atom stereocenters. The van der Waals surface area contributed by atoms with E-state index in [2.05, 4.69) is 19.2 Å². The van der Waals surface area contributed by atoms with E-state index >= 15 is 0 Å². The van der Waals surface area contributed by atoms with Crippen molar-refractivity contribution in [1.29, 1.82) is 0 Å². The third kappa shape index (κ3) is 5.65. The molecule has 0 radical (unpaired) electrons. The fourth-order valence-corrected chi connectivity index (χ4v) is 5.65. The van der Waals surface area contributed by atoms with Gasteiger partial charge in [-0.3, -0.25) is 4.79 Å². The van der Waals surface area contributed by atoms with Gasteiger partial charge in [0, 0.05) is 24.7 Å². The molecule has 44 heavy (non-hydrogen) atoms. The molecule has 1 aromatic heterocycles. The maximum absolute atomic E-state index is 13.1. The number of nitrogens with two attached hydrogens (primary N) is 1. The zero-order chi connectivity index (χ0) is 32.1. The molecule has 2 aliphatic heterocycles. The first-order valence-electron chi connectivity index (χ1n) is 14.1. The van der Waals surface area contributed by atoms with Crippen LogP contribution in [-0.2, 0) is 20.6 Å². The maximum atomic E-state index is 13.1. The van der Waals surface area contributed by atoms with Gasteiger partial charge < -0.3 is 49.4 Å². The van der Waals surface area contributed by atoms with Crippen molar-refractivity contribution in [3.8, 4) is 17.2 Å². The van der Waals surface area contributed by atoms with Gasteiger partial charge in [0.15, 0.2) is 23.6 Å². The zero-order valence-electron chi connectivity index (χ0n) is 25.2. The number of primary amides is 1. The highest BCUT2D eigenvalue weighted by molar-refractivity contribution is 6.06. The summed E-state index contributed by atoms with van der Waals surface area (Å²) in [5.74, 6) is 0.0663. The van der Waals surface area contributed by atoms with Crippen molar-refractivity contribution in [2.24, 2.45) is 11.7 Å². The van der Waals surface area contributed by atoms with E-state index in [9.17, 15) is 24.6 Å². The molecule has 0 saturated carbocycles. The number of nitrogens with one attached hydrogen (secondary N) is 1. The van der Waals surface area contributed by atoms with E-state index < -0.39 is 59.3 Å². The highest BCUT2D eigenvalue weighted by atomic mass is 16.7. The zero-order valence-corrected chi connectivity index (χ0v) is 25.2. The van der Waals surface area contributed by atoms with Gasteiger partial charge in [-0.25, -0.2) is 9.59 Å². The number of aliphatic hydroxyl groups is 1. The van der Waals surface area contributed by atoms with E-state index in [4.69, 9.17) is 33.8 Å². The van der Waals surface area contributed by atoms with Crippen LogP contribution in [0.1, 0.15) is 49.2 Å². The van der Waals surface area contributed by atoms with Crippen LogP contribution in [-0.4, -0.2) is 65.6 Å². The number of aromatic hydroxyl groups is 1. The van der Waals surface area contributed by atoms with Gasteiger partial charge >= 0.3 is 11.7 Å². The molecule has 13 heteroatoms. The highest BCUT2D eigenvalue weighted by Crippen LogP contribution is 2.39. The number of ether oxygens (including phenoxy) is 5. The lowest BCUT2D eigenvalue weighted by molar-refractivity contribution is -0.304. The molecule has 1 fully saturated rings. The Bertz CT molecular complexity index is 1660. The molecule has 236 valence electrons. The fraction of sp³-hybridized carbons (Fsp3) is 0.452. The summed E-state index contributed by atoms with van der Waals surface area (Å²) in [5, 5.41) is 24.6. The number of methoxy groups -OCH3 is 1. The number of rotatable bonds is 7. The van der Waals surface area contributed by atoms with Crippen molar-refractivity contribution < 1.29 is 47.9 Å². The lowest BCUT2D eigenvalue weighted by Crippen LogP contribution is -2.65. The summed E-state index contributed by atoms with van der Waals surface area (Å²) in [6, 6.07) is 7.91. The van der Waals surface area contributed by atoms with Crippen LogP contribution >= 0.6 is 0 Å². The van der Waals surface area contributed by atoms with Crippen molar-refractivity contribution >= 4 is 28.7 Å². The van der Waals surface area contributed by atoms with E-state index in [1.54, 1.807) is 39.0 Å². The lowest BCUT2D eigenvalue weighted by atomic mass is 9.89. The first-order chi connectivity index (χ1) is 20.7. The number of hydrogen-bond donors (Lipinski definition) is 4. The third-order valence-electron chi connectivity index (χ3n) is 8.02. The van der Waals surface area contributed by atoms with Crippen molar-refractivity contribution in [2.45, 2.75) is 77.3 Å². The minimum Gasteiger partial charge on any atom is -0.505 e. The molecule has 0 bridgehead atoms. The molecule has 0 spiro atoms. The summed E-state index contributed by atoms with van der Waals surface area (Å²) in [6.07, 6.45) is -5.36. The van der Waals surface area contributed by atoms with Gasteiger partial charge in [-0.2, -0.15) is 0 Å². The number of fused-ring (bicyclic) bond motifs is 2. The molecule has 2 amide bonds. The predicted molar refractivity (Wildman–Crippen MR) is 157 cm³/mol. The second kappa shape index (κ2) is 11.6. The van der Waals surface area contributed by atoms with Crippen LogP contribution in [0.4, 0.5) is 10.5 Å². The molecule has 5 rings (SSSR count). The third-order valence-corrected chi connectivity index (χ3v) is 8.02. The molecule has 0 aliphatic carbocycles. The van der Waals surface area contributed by atoms with Gasteiger partial charge in [0.2, 0.25) is 6.29 Å². The minimum atomic E-state index is -1.50. The topological polar surface area (TPSA) is 189 Å². The quantitative estimate of drug-likeness (QED) is 0.286. The van der Waals surface area contributed by atoms with Crippen LogP contribution in [0.3, 0.4) is 0 Å². The molecular weight excluding hydrogens is 576 g/mol. The van der Waals surface area contributed by atoms with E-state index in [1.165, 1.54) is 19.2 Å². The summed E-state index contributed by atoms with van der Waals surface area (Å²) in [4.78, 5) is 37.6. The molecule has 2 aliphatic rings. The van der Waals surface area contributed by atoms with E-state index in [0.29, 0.717) is 29.2 Å². The Morgan fingerprint density at radius 3 is 2.57 bits per heavy atom. The number of hydrogen-bond acceptors (Lipinski definition) is 11. The van der Waals surface area contributed by atoms with Gasteiger partial charge in [-0.15, -0.1) is 0 Å². The Hall–Kier alpha value is -4.33. The number of aryl methyl sites for hydroxylation is 1. The Kier molecular flexibility index (Phi) is 8.23. The SMILES string of the molecule is CO[C@@H]1[C@@H](OC(N)=O)[C@@H](O)[C@H](Oc2ccc3c(O)c(NC(=O)c4ccc5c(c4)CC(C(C)C)O5)c(=O)oc3c2C)OC1(C)C. The number of carbonyl (C=O) groups excluding carboxylic acids is 2. The number of aliphatic hydroxyl groups excluding tert-OH is 1. The average molecular weight is 613 g/mol. The average Bonchev–Trinajstić information content (AvgIpc) is 3.39. The van der Waals surface area contributed by atoms with Crippen LogP contribution in [0.15, 0.2) is 39.5 Å². The summed E-state index contributed by atoms with van der Waals surface area (Å²) >= 11 is 0. The second-order valence-corrected chi connectivity index (χ2v) is 11.8. The van der Waals surface area contributed by atoms with Gasteiger partial charge in [0.1, 0.15) is 29.3 Å². The van der Waals surface area contributed by atoms with Gasteiger partial charge in [0.25, 0.3) is 5.91 Å². The minimum absolute atomic E-state index is 0.0123. The standard InChI is InChI=1S/C31H36N2O11/c1-13(2)20-12-16-11-15(7-9-19(16)40-20)27(36)33-21-22(34)17-8-10-18(14(3)24(17)42-28(21)37)41-29-23(35)25(43-30(32)38)26(39-6)31(4,5)44-29/h7-11,13,20,23,25-26,29,34-35H,12H2,1-6H3,(H2,32,38)(H,33,36)/t20?,23-,25+,26-,29-/m1/s1. The number of amides is 2. The largest absolute Gasteiger partial charge is 0.505 e. The second-order valence-electron chi connectivity index (χ2n) is 11.8. The lowest BCUT2D eigenvalue weighted by Gasteiger charge is -2.47. The Balaban J connectivity index is 1.40. The molecule has 3 heterocycles. The summed E-state index contributed by atoms with van der Waals surface area (Å²) in [5.41, 5.74) is 4.18. The van der Waals surface area contributed by atoms with Crippen LogP contribution in [0.25, 0.3) is 11.0 Å². The molecule has 5 N–H and O–H groups in total. The van der Waals surface area contributed by atoms with Crippen LogP contribution < -0.4 is 26.1 Å². The summed E-state index contributed by atoms with van der Waals surface area (Å²) in [7, 11) is 1.38. The van der Waals surface area contributed by atoms with E-state index in [-0.39, 0.29) is 22.8 Å². The van der Waals surface area contributed by atoms with Crippen molar-refractivity contribution in [3.63, 3.8) is 0 Å². The molecule has 3 aromatic rings. The molecule has 2 aromatic carbocycles. The number of benzene rings is 2. The van der Waals surface area contributed by atoms with Crippen molar-refractivity contribution in [3.05, 3.63) is 57.4 Å². The smallest absolute Gasteiger partial charge is 0.404 e. The number of carbonyl (C=O) groups is 2. The predicted octanol–water partition coefficient (Wildman–Crippen LogP) is 3.37. The van der Waals surface area contributed by atoms with Gasteiger partial charge in [-0.1, -0.05) is 13.8 Å². The molecule has 1 saturated heterocycles. The van der Waals surface area contributed by atoms with Gasteiger partial charge in [-0.05, 0) is 62.6 Å². The first-order valence-corrected chi connectivity index (χ1v) is 14.1. The number of anilines is 1. The molecule has 13 nitrogen and oxygen atoms in total. The fourth-order valence-electron chi connectivity index (χ4n) is 5.65.